The number of hydrogen-bond donors (Lipinski definition) is 0. The first-order valence-electron chi connectivity index (χ1n) is 4.61. The molecule has 17 heavy (non-hydrogen) atoms. The molecule has 0 saturated heterocycles. The maximum Gasteiger partial charge on any atom is 0.359 e. The molecule has 0 aliphatic carbocycles. The van der Waals surface area contributed by atoms with E-state index in [4.69, 9.17) is 13.6 Å². The smallest absolute Gasteiger partial charge is 0.306 e. The lowest BCUT2D eigenvalue weighted by atomic mass is 10.3. The SMILES string of the molecule is COP(=Nc1ccc([N+](=O)[O-])cc1)(OC)OC. The third-order valence-corrected chi connectivity index (χ3v) is 3.85. The molecule has 0 aromatic heterocycles. The van der Waals surface area contributed by atoms with Crippen molar-refractivity contribution in [2.75, 3.05) is 21.3 Å². The van der Waals surface area contributed by atoms with Crippen molar-refractivity contribution in [3.8, 4) is 0 Å². The fourth-order valence-corrected chi connectivity index (χ4v) is 2.24. The van der Waals surface area contributed by atoms with Gasteiger partial charge in [-0.2, -0.15) is 4.74 Å². The van der Waals surface area contributed by atoms with Crippen molar-refractivity contribution >= 4 is 19.1 Å². The van der Waals surface area contributed by atoms with Gasteiger partial charge in [0.1, 0.15) is 0 Å². The molecule has 0 radical (unpaired) electrons. The molecule has 0 saturated carbocycles. The highest BCUT2D eigenvalue weighted by Gasteiger charge is 2.18. The first-order chi connectivity index (χ1) is 8.06. The third kappa shape index (κ3) is 3.34. The van der Waals surface area contributed by atoms with Crippen LogP contribution in [0.15, 0.2) is 29.0 Å². The van der Waals surface area contributed by atoms with Gasteiger partial charge in [-0.1, -0.05) is 0 Å². The molecule has 0 fully saturated rings. The van der Waals surface area contributed by atoms with Crippen LogP contribution in [0.4, 0.5) is 11.4 Å². The summed E-state index contributed by atoms with van der Waals surface area (Å²) in [6.45, 7) is 0. The van der Waals surface area contributed by atoms with Gasteiger partial charge >= 0.3 is 7.74 Å². The van der Waals surface area contributed by atoms with Crippen LogP contribution in [-0.2, 0) is 13.6 Å². The molecule has 0 spiro atoms. The van der Waals surface area contributed by atoms with Crippen LogP contribution >= 0.6 is 7.74 Å². The Morgan fingerprint density at radius 3 is 1.94 bits per heavy atom. The van der Waals surface area contributed by atoms with Gasteiger partial charge in [0.15, 0.2) is 0 Å². The van der Waals surface area contributed by atoms with Crippen LogP contribution in [0.25, 0.3) is 0 Å². The zero-order valence-corrected chi connectivity index (χ0v) is 10.6. The zero-order valence-electron chi connectivity index (χ0n) is 9.69. The summed E-state index contributed by atoms with van der Waals surface area (Å²) in [6, 6.07) is 5.72. The Hall–Kier alpha value is -1.27. The van der Waals surface area contributed by atoms with Crippen LogP contribution in [0.2, 0.25) is 0 Å². The number of benzene rings is 1. The number of nitrogens with zero attached hydrogens (tertiary/aromatic N) is 2. The van der Waals surface area contributed by atoms with Gasteiger partial charge in [-0.15, -0.1) is 0 Å². The van der Waals surface area contributed by atoms with Gasteiger partial charge in [0.05, 0.1) is 10.6 Å². The Morgan fingerprint density at radius 2 is 1.59 bits per heavy atom. The van der Waals surface area contributed by atoms with Gasteiger partial charge in [0.2, 0.25) is 0 Å². The quantitative estimate of drug-likeness (QED) is 0.461. The molecule has 8 heteroatoms. The largest absolute Gasteiger partial charge is 0.359 e. The van der Waals surface area contributed by atoms with Crippen LogP contribution < -0.4 is 0 Å². The number of rotatable bonds is 5. The van der Waals surface area contributed by atoms with Gasteiger partial charge in [-0.3, -0.25) is 10.1 Å². The van der Waals surface area contributed by atoms with E-state index < -0.39 is 12.7 Å². The molecule has 0 aliphatic rings. The third-order valence-electron chi connectivity index (χ3n) is 1.99. The highest BCUT2D eigenvalue weighted by atomic mass is 31.2. The van der Waals surface area contributed by atoms with E-state index in [2.05, 4.69) is 4.74 Å². The van der Waals surface area contributed by atoms with Gasteiger partial charge in [-0.25, -0.2) is 0 Å². The Morgan fingerprint density at radius 1 is 1.12 bits per heavy atom. The Kier molecular flexibility index (Phi) is 4.77. The lowest BCUT2D eigenvalue weighted by molar-refractivity contribution is -0.384. The monoisotopic (exact) mass is 260 g/mol. The van der Waals surface area contributed by atoms with Crippen LogP contribution in [0.3, 0.4) is 0 Å². The van der Waals surface area contributed by atoms with Crippen molar-refractivity contribution in [2.45, 2.75) is 0 Å². The number of nitro groups is 1. The van der Waals surface area contributed by atoms with E-state index in [1.165, 1.54) is 45.6 Å². The molecular formula is C9H13N2O5P. The highest BCUT2D eigenvalue weighted by Crippen LogP contribution is 2.53. The average molecular weight is 260 g/mol. The van der Waals surface area contributed by atoms with Crippen molar-refractivity contribution in [3.05, 3.63) is 34.4 Å². The number of hydrogen-bond acceptors (Lipinski definition) is 6. The summed E-state index contributed by atoms with van der Waals surface area (Å²) in [6.07, 6.45) is 0. The minimum atomic E-state index is -2.74. The molecule has 0 amide bonds. The standard InChI is InChI=1S/C9H13N2O5P/c1-14-17(15-2,16-3)10-8-4-6-9(7-5-8)11(12)13/h4-7H,1-3H3. The molecule has 1 aromatic rings. The van der Waals surface area contributed by atoms with Crippen LogP contribution in [0.5, 0.6) is 0 Å². The van der Waals surface area contributed by atoms with Gasteiger partial charge in [0.25, 0.3) is 5.69 Å². The predicted molar refractivity (Wildman–Crippen MR) is 63.1 cm³/mol. The van der Waals surface area contributed by atoms with E-state index in [0.29, 0.717) is 5.69 Å². The van der Waals surface area contributed by atoms with E-state index in [1.807, 2.05) is 0 Å². The molecule has 7 nitrogen and oxygen atoms in total. The van der Waals surface area contributed by atoms with Crippen LogP contribution in [0.1, 0.15) is 0 Å². The van der Waals surface area contributed by atoms with Crippen molar-refractivity contribution < 1.29 is 18.5 Å². The first-order valence-corrected chi connectivity index (χ1v) is 6.10. The molecule has 0 N–H and O–H groups in total. The normalized spacial score (nSPS) is 11.2. The summed E-state index contributed by atoms with van der Waals surface area (Å²) in [5.41, 5.74) is 0.495. The summed E-state index contributed by atoms with van der Waals surface area (Å²) in [7, 11) is 1.53. The van der Waals surface area contributed by atoms with Crippen molar-refractivity contribution in [1.82, 2.24) is 0 Å². The lowest BCUT2D eigenvalue weighted by Gasteiger charge is -2.16. The van der Waals surface area contributed by atoms with E-state index in [1.54, 1.807) is 0 Å². The van der Waals surface area contributed by atoms with E-state index in [9.17, 15) is 10.1 Å². The topological polar surface area (TPSA) is 83.2 Å². The fraction of sp³-hybridized carbons (Fsp3) is 0.333. The summed E-state index contributed by atoms with van der Waals surface area (Å²) < 4.78 is 19.4. The average Bonchev–Trinajstić information content (AvgIpc) is 2.37. The fourth-order valence-electron chi connectivity index (χ4n) is 1.13. The van der Waals surface area contributed by atoms with Crippen molar-refractivity contribution in [3.63, 3.8) is 0 Å². The zero-order chi connectivity index (χ0) is 12.9. The second-order valence-electron chi connectivity index (χ2n) is 2.89. The molecule has 0 atom stereocenters. The summed E-state index contributed by atoms with van der Waals surface area (Å²) in [4.78, 5) is 10.00. The minimum absolute atomic E-state index is 0.000124. The van der Waals surface area contributed by atoms with Gasteiger partial charge in [0, 0.05) is 33.5 Å². The van der Waals surface area contributed by atoms with Crippen molar-refractivity contribution in [2.24, 2.45) is 4.74 Å². The lowest BCUT2D eigenvalue weighted by Crippen LogP contribution is -1.91. The molecule has 1 aromatic carbocycles. The minimum Gasteiger partial charge on any atom is -0.306 e. The Labute approximate surface area is 98.8 Å². The van der Waals surface area contributed by atoms with Crippen LogP contribution in [0, 0.1) is 10.1 Å². The molecule has 0 heterocycles. The van der Waals surface area contributed by atoms with Gasteiger partial charge < -0.3 is 13.6 Å². The maximum absolute atomic E-state index is 10.5. The molecule has 0 bridgehead atoms. The molecule has 94 valence electrons. The predicted octanol–water partition coefficient (Wildman–Crippen LogP) is 3.11. The molecular weight excluding hydrogens is 247 g/mol. The van der Waals surface area contributed by atoms with E-state index in [0.717, 1.165) is 0 Å². The highest BCUT2D eigenvalue weighted by molar-refractivity contribution is 7.51. The van der Waals surface area contributed by atoms with Crippen LogP contribution in [-0.4, -0.2) is 26.3 Å². The van der Waals surface area contributed by atoms with Gasteiger partial charge in [-0.05, 0) is 12.1 Å². The first kappa shape index (κ1) is 13.8. The number of nitro benzene ring substituents is 1. The second-order valence-corrected chi connectivity index (χ2v) is 5.12. The molecule has 0 unspecified atom stereocenters. The van der Waals surface area contributed by atoms with Crippen molar-refractivity contribution in [1.29, 1.82) is 0 Å². The summed E-state index contributed by atoms with van der Waals surface area (Å²) in [5.74, 6) is 0. The van der Waals surface area contributed by atoms with E-state index >= 15 is 0 Å². The molecule has 0 aliphatic heterocycles. The maximum atomic E-state index is 10.5. The second kappa shape index (κ2) is 5.88. The Bertz CT molecular complexity index is 426. The number of non-ortho nitro benzene ring substituents is 1. The molecule has 1 rings (SSSR count). The summed E-state index contributed by atoms with van der Waals surface area (Å²) in [5, 5.41) is 10.5. The Balaban J connectivity index is 3.09. The summed E-state index contributed by atoms with van der Waals surface area (Å²) >= 11 is 0. The van der Waals surface area contributed by atoms with E-state index in [-0.39, 0.29) is 5.69 Å².